The smallest absolute Gasteiger partial charge is 0.282 e. The molecule has 1 saturated heterocycles. The minimum Gasteiger partial charge on any atom is -0.331 e. The topological polar surface area (TPSA) is 23.6 Å². The Morgan fingerprint density at radius 2 is 1.82 bits per heavy atom. The third-order valence-electron chi connectivity index (χ3n) is 3.29. The maximum atomic E-state index is 12.8. The van der Waals surface area contributed by atoms with Crippen LogP contribution < -0.4 is 0 Å². The summed E-state index contributed by atoms with van der Waals surface area (Å²) in [4.78, 5) is 15.3. The maximum absolute atomic E-state index is 12.8. The van der Waals surface area contributed by atoms with Crippen LogP contribution in [-0.2, 0) is 4.79 Å². The molecule has 4 heteroatoms. The normalized spacial score (nSPS) is 24.9. The van der Waals surface area contributed by atoms with E-state index in [1.807, 2.05) is 20.8 Å². The Kier molecular flexibility index (Phi) is 7.04. The van der Waals surface area contributed by atoms with Crippen molar-refractivity contribution in [2.24, 2.45) is 0 Å². The predicted molar refractivity (Wildman–Crippen MR) is 69.5 cm³/mol. The largest absolute Gasteiger partial charge is 0.331 e. The van der Waals surface area contributed by atoms with E-state index in [9.17, 15) is 9.18 Å². The van der Waals surface area contributed by atoms with Crippen LogP contribution in [0.15, 0.2) is 12.4 Å². The monoisotopic (exact) mass is 244 g/mol. The molecule has 100 valence electrons. The van der Waals surface area contributed by atoms with Crippen LogP contribution in [0.5, 0.6) is 0 Å². The summed E-state index contributed by atoms with van der Waals surface area (Å²) in [7, 11) is 0. The molecule has 3 nitrogen and oxygen atoms in total. The Balaban J connectivity index is 0.00000121. The molecule has 0 aromatic rings. The first-order valence-electron chi connectivity index (χ1n) is 6.38. The minimum atomic E-state index is -0.862. The molecule has 1 amide bonds. The Labute approximate surface area is 104 Å². The zero-order valence-electron chi connectivity index (χ0n) is 11.7. The van der Waals surface area contributed by atoms with Crippen LogP contribution in [0.25, 0.3) is 0 Å². The van der Waals surface area contributed by atoms with E-state index in [0.29, 0.717) is 6.54 Å². The van der Waals surface area contributed by atoms with Gasteiger partial charge in [-0.1, -0.05) is 27.4 Å². The molecule has 2 atom stereocenters. The number of piperazine rings is 1. The molecule has 1 aliphatic rings. The van der Waals surface area contributed by atoms with Crippen LogP contribution in [-0.4, -0.2) is 47.4 Å². The molecule has 0 bridgehead atoms. The summed E-state index contributed by atoms with van der Waals surface area (Å²) in [6.45, 7) is 15.5. The molecule has 0 spiro atoms. The number of carbonyl (C=O) groups is 1. The third-order valence-corrected chi connectivity index (χ3v) is 3.29. The second-order valence-corrected chi connectivity index (χ2v) is 4.01. The zero-order chi connectivity index (χ0) is 13.6. The molecule has 1 aliphatic heterocycles. The molecule has 0 aromatic carbocycles. The van der Waals surface area contributed by atoms with Crippen LogP contribution >= 0.6 is 0 Å². The molecule has 17 heavy (non-hydrogen) atoms. The molecule has 0 aliphatic carbocycles. The first kappa shape index (κ1) is 16.1. The highest BCUT2D eigenvalue weighted by atomic mass is 19.1. The van der Waals surface area contributed by atoms with E-state index in [4.69, 9.17) is 0 Å². The van der Waals surface area contributed by atoms with Gasteiger partial charge in [0.25, 0.3) is 5.91 Å². The van der Waals surface area contributed by atoms with E-state index in [2.05, 4.69) is 25.3 Å². The zero-order valence-corrected chi connectivity index (χ0v) is 11.7. The number of hydrogen-bond donors (Lipinski definition) is 0. The van der Waals surface area contributed by atoms with Crippen LogP contribution in [0.1, 0.15) is 34.6 Å². The summed E-state index contributed by atoms with van der Waals surface area (Å²) in [5.41, 5.74) is 0. The molecule has 1 fully saturated rings. The second-order valence-electron chi connectivity index (χ2n) is 4.01. The van der Waals surface area contributed by atoms with E-state index < -0.39 is 11.7 Å². The van der Waals surface area contributed by atoms with Gasteiger partial charge in [-0.05, 0) is 20.4 Å². The summed E-state index contributed by atoms with van der Waals surface area (Å²) in [5, 5.41) is 0. The fourth-order valence-electron chi connectivity index (χ4n) is 2.10. The number of nitrogens with zero attached hydrogens (tertiary/aromatic N) is 2. The average molecular weight is 244 g/mol. The van der Waals surface area contributed by atoms with Gasteiger partial charge in [-0.25, -0.2) is 4.39 Å². The van der Waals surface area contributed by atoms with Gasteiger partial charge in [-0.3, -0.25) is 9.69 Å². The molecule has 0 radical (unpaired) electrons. The fraction of sp³-hybridized carbons (Fsp3) is 0.769. The SMILES string of the molecule is C=C(F)C(=O)N1CCN(CC)C(C)C1C.CC. The van der Waals surface area contributed by atoms with Crippen molar-refractivity contribution in [1.29, 1.82) is 0 Å². The van der Waals surface area contributed by atoms with Crippen molar-refractivity contribution in [2.75, 3.05) is 19.6 Å². The van der Waals surface area contributed by atoms with Gasteiger partial charge in [0.2, 0.25) is 0 Å². The lowest BCUT2D eigenvalue weighted by Crippen LogP contribution is -2.58. The molecular weight excluding hydrogens is 219 g/mol. The lowest BCUT2D eigenvalue weighted by atomic mass is 10.0. The molecule has 0 N–H and O–H groups in total. The van der Waals surface area contributed by atoms with E-state index >= 15 is 0 Å². The van der Waals surface area contributed by atoms with Gasteiger partial charge < -0.3 is 4.90 Å². The highest BCUT2D eigenvalue weighted by molar-refractivity contribution is 5.90. The number of hydrogen-bond acceptors (Lipinski definition) is 2. The van der Waals surface area contributed by atoms with Crippen LogP contribution in [0.3, 0.4) is 0 Å². The van der Waals surface area contributed by atoms with Gasteiger partial charge in [-0.2, -0.15) is 0 Å². The predicted octanol–water partition coefficient (Wildman–Crippen LogP) is 2.44. The van der Waals surface area contributed by atoms with Gasteiger partial charge in [0.1, 0.15) is 0 Å². The summed E-state index contributed by atoms with van der Waals surface area (Å²) < 4.78 is 12.8. The Morgan fingerprint density at radius 1 is 1.29 bits per heavy atom. The first-order chi connectivity index (χ1) is 7.99. The van der Waals surface area contributed by atoms with Gasteiger partial charge in [0.05, 0.1) is 0 Å². The van der Waals surface area contributed by atoms with Crippen LogP contribution in [0.2, 0.25) is 0 Å². The van der Waals surface area contributed by atoms with Gasteiger partial charge in [-0.15, -0.1) is 0 Å². The maximum Gasteiger partial charge on any atom is 0.282 e. The Morgan fingerprint density at radius 3 is 2.24 bits per heavy atom. The average Bonchev–Trinajstić information content (AvgIpc) is 2.34. The van der Waals surface area contributed by atoms with Gasteiger partial charge >= 0.3 is 0 Å². The van der Waals surface area contributed by atoms with Crippen LogP contribution in [0, 0.1) is 0 Å². The fourth-order valence-corrected chi connectivity index (χ4v) is 2.10. The lowest BCUT2D eigenvalue weighted by molar-refractivity contribution is -0.134. The van der Waals surface area contributed by atoms with Gasteiger partial charge in [0.15, 0.2) is 5.83 Å². The summed E-state index contributed by atoms with van der Waals surface area (Å²) in [6.07, 6.45) is 0. The quantitative estimate of drug-likeness (QED) is 0.697. The number of rotatable bonds is 2. The van der Waals surface area contributed by atoms with Crippen molar-refractivity contribution in [3.8, 4) is 0 Å². The van der Waals surface area contributed by atoms with Crippen molar-refractivity contribution < 1.29 is 9.18 Å². The number of halogens is 1. The number of likely N-dealkylation sites (N-methyl/N-ethyl adjacent to an activating group) is 1. The van der Waals surface area contributed by atoms with E-state index in [0.717, 1.165) is 13.1 Å². The van der Waals surface area contributed by atoms with Crippen molar-refractivity contribution in [2.45, 2.75) is 46.7 Å². The standard InChI is InChI=1S/C11H19FN2O.C2H6/c1-5-13-6-7-14(10(4)9(13)3)11(15)8(2)12;1-2/h9-10H,2,5-7H2,1,3-4H3;1-2H3. The lowest BCUT2D eigenvalue weighted by Gasteiger charge is -2.44. The third kappa shape index (κ3) is 3.80. The molecule has 0 aromatic heterocycles. The Bertz CT molecular complexity index is 268. The van der Waals surface area contributed by atoms with E-state index in [-0.39, 0.29) is 12.1 Å². The molecule has 1 rings (SSSR count). The van der Waals surface area contributed by atoms with Crippen LogP contribution in [0.4, 0.5) is 4.39 Å². The van der Waals surface area contributed by atoms with Gasteiger partial charge in [0, 0.05) is 25.2 Å². The highest BCUT2D eigenvalue weighted by Gasteiger charge is 2.33. The highest BCUT2D eigenvalue weighted by Crippen LogP contribution is 2.18. The molecular formula is C13H25FN2O. The molecule has 0 saturated carbocycles. The second kappa shape index (κ2) is 7.43. The molecule has 1 heterocycles. The van der Waals surface area contributed by atoms with Crippen molar-refractivity contribution in [3.63, 3.8) is 0 Å². The number of carbonyl (C=O) groups excluding carboxylic acids is 1. The van der Waals surface area contributed by atoms with Crippen molar-refractivity contribution in [1.82, 2.24) is 9.80 Å². The Hall–Kier alpha value is -0.900. The van der Waals surface area contributed by atoms with Crippen molar-refractivity contribution in [3.05, 3.63) is 12.4 Å². The summed E-state index contributed by atoms with van der Waals surface area (Å²) in [6, 6.07) is 0.311. The number of amides is 1. The minimum absolute atomic E-state index is 0.0405. The molecule has 2 unspecified atom stereocenters. The van der Waals surface area contributed by atoms with Crippen molar-refractivity contribution >= 4 is 5.91 Å². The summed E-state index contributed by atoms with van der Waals surface area (Å²) in [5.74, 6) is -1.43. The van der Waals surface area contributed by atoms with E-state index in [1.54, 1.807) is 4.90 Å². The van der Waals surface area contributed by atoms with E-state index in [1.165, 1.54) is 0 Å². The first-order valence-corrected chi connectivity index (χ1v) is 6.38. The summed E-state index contributed by atoms with van der Waals surface area (Å²) >= 11 is 0.